The predicted octanol–water partition coefficient (Wildman–Crippen LogP) is 6.36. The highest BCUT2D eigenvalue weighted by molar-refractivity contribution is 7.17. The SMILES string of the molecule is CCC(N)CC[C@H](C)Oc1ccc(OCc2cccc(NC(=O)c3cc4sccc4n3C)c2)cc1. The maximum atomic E-state index is 12.8. The third kappa shape index (κ3) is 6.44. The normalized spacial score (nSPS) is 12.9. The fraction of sp³-hybridized carbons (Fsp3) is 0.321. The van der Waals surface area contributed by atoms with Crippen molar-refractivity contribution in [2.75, 3.05) is 5.32 Å². The van der Waals surface area contributed by atoms with Crippen molar-refractivity contribution in [1.29, 1.82) is 0 Å². The van der Waals surface area contributed by atoms with Crippen LogP contribution < -0.4 is 20.5 Å². The number of anilines is 1. The van der Waals surface area contributed by atoms with E-state index in [9.17, 15) is 4.79 Å². The molecular formula is C28H33N3O3S. The van der Waals surface area contributed by atoms with Gasteiger partial charge in [-0.15, -0.1) is 11.3 Å². The molecule has 0 aliphatic carbocycles. The van der Waals surface area contributed by atoms with Gasteiger partial charge in [-0.05, 0) is 85.7 Å². The van der Waals surface area contributed by atoms with Crippen LogP contribution in [0.1, 0.15) is 49.2 Å². The highest BCUT2D eigenvalue weighted by atomic mass is 32.1. The molecular weight excluding hydrogens is 458 g/mol. The molecule has 0 bridgehead atoms. The zero-order valence-electron chi connectivity index (χ0n) is 20.5. The molecule has 0 saturated heterocycles. The van der Waals surface area contributed by atoms with Crippen molar-refractivity contribution in [2.45, 2.75) is 51.9 Å². The summed E-state index contributed by atoms with van der Waals surface area (Å²) in [6, 6.07) is 19.6. The molecule has 35 heavy (non-hydrogen) atoms. The minimum Gasteiger partial charge on any atom is -0.491 e. The highest BCUT2D eigenvalue weighted by Crippen LogP contribution is 2.25. The third-order valence-corrected chi connectivity index (χ3v) is 6.97. The first-order chi connectivity index (χ1) is 16.9. The van der Waals surface area contributed by atoms with E-state index in [1.54, 1.807) is 11.3 Å². The molecule has 3 N–H and O–H groups in total. The van der Waals surface area contributed by atoms with E-state index in [-0.39, 0.29) is 18.1 Å². The Morgan fingerprint density at radius 2 is 1.86 bits per heavy atom. The lowest BCUT2D eigenvalue weighted by atomic mass is 10.1. The number of ether oxygens (including phenoxy) is 2. The number of hydrogen-bond acceptors (Lipinski definition) is 5. The minimum atomic E-state index is -0.129. The van der Waals surface area contributed by atoms with Crippen LogP contribution in [0.15, 0.2) is 66.0 Å². The van der Waals surface area contributed by atoms with Crippen LogP contribution in [0.5, 0.6) is 11.5 Å². The van der Waals surface area contributed by atoms with Crippen LogP contribution in [0.2, 0.25) is 0 Å². The van der Waals surface area contributed by atoms with Gasteiger partial charge in [-0.3, -0.25) is 4.79 Å². The largest absolute Gasteiger partial charge is 0.491 e. The van der Waals surface area contributed by atoms with E-state index in [4.69, 9.17) is 15.2 Å². The van der Waals surface area contributed by atoms with Gasteiger partial charge in [0.15, 0.2) is 0 Å². The maximum absolute atomic E-state index is 12.8. The predicted molar refractivity (Wildman–Crippen MR) is 144 cm³/mol. The van der Waals surface area contributed by atoms with Gasteiger partial charge in [0, 0.05) is 18.8 Å². The summed E-state index contributed by atoms with van der Waals surface area (Å²) < 4.78 is 15.0. The van der Waals surface area contributed by atoms with Gasteiger partial charge in [-0.2, -0.15) is 0 Å². The Balaban J connectivity index is 1.30. The van der Waals surface area contributed by atoms with Gasteiger partial charge >= 0.3 is 0 Å². The quantitative estimate of drug-likeness (QED) is 0.256. The van der Waals surface area contributed by atoms with Gasteiger partial charge in [-0.1, -0.05) is 19.1 Å². The molecule has 2 heterocycles. The molecule has 6 nitrogen and oxygen atoms in total. The number of amides is 1. The second-order valence-electron chi connectivity index (χ2n) is 8.85. The second kappa shape index (κ2) is 11.4. The fourth-order valence-corrected chi connectivity index (χ4v) is 4.78. The van der Waals surface area contributed by atoms with Crippen LogP contribution in [0.4, 0.5) is 5.69 Å². The van der Waals surface area contributed by atoms with Crippen LogP contribution in [0.25, 0.3) is 10.2 Å². The number of rotatable bonds is 11. The Bertz CT molecular complexity index is 1260. The van der Waals surface area contributed by atoms with Gasteiger partial charge in [0.05, 0.1) is 16.3 Å². The lowest BCUT2D eigenvalue weighted by Crippen LogP contribution is -2.22. The first-order valence-electron chi connectivity index (χ1n) is 12.0. The molecule has 1 unspecified atom stereocenters. The molecule has 0 fully saturated rings. The molecule has 0 aliphatic rings. The molecule has 184 valence electrons. The second-order valence-corrected chi connectivity index (χ2v) is 9.80. The van der Waals surface area contributed by atoms with Crippen molar-refractivity contribution in [3.05, 3.63) is 77.3 Å². The summed E-state index contributed by atoms with van der Waals surface area (Å²) in [4.78, 5) is 12.8. The standard InChI is InChI=1S/C28H33N3O3S/c1-4-21(29)9-8-19(2)34-24-12-10-23(11-13-24)33-18-20-6-5-7-22(16-20)30-28(32)26-17-27-25(31(26)3)14-15-35-27/h5-7,10-17,19,21H,4,8-9,18,29H2,1-3H3,(H,30,32)/t19-,21?/m0/s1. The van der Waals surface area contributed by atoms with Crippen molar-refractivity contribution < 1.29 is 14.3 Å². The molecule has 2 atom stereocenters. The Morgan fingerprint density at radius 1 is 1.09 bits per heavy atom. The Morgan fingerprint density at radius 3 is 2.60 bits per heavy atom. The number of carbonyl (C=O) groups is 1. The van der Waals surface area contributed by atoms with E-state index in [2.05, 4.69) is 19.2 Å². The van der Waals surface area contributed by atoms with Crippen LogP contribution in [-0.4, -0.2) is 22.6 Å². The number of nitrogens with one attached hydrogen (secondary N) is 1. The van der Waals surface area contributed by atoms with Crippen LogP contribution in [-0.2, 0) is 13.7 Å². The van der Waals surface area contributed by atoms with E-state index < -0.39 is 0 Å². The molecule has 2 aromatic carbocycles. The number of hydrogen-bond donors (Lipinski definition) is 2. The molecule has 4 rings (SSSR count). The summed E-state index contributed by atoms with van der Waals surface area (Å²) in [6.45, 7) is 4.57. The van der Waals surface area contributed by atoms with Crippen LogP contribution >= 0.6 is 11.3 Å². The zero-order valence-corrected chi connectivity index (χ0v) is 21.3. The minimum absolute atomic E-state index is 0.115. The molecule has 7 heteroatoms. The summed E-state index contributed by atoms with van der Waals surface area (Å²) in [5.41, 5.74) is 9.41. The number of fused-ring (bicyclic) bond motifs is 1. The third-order valence-electron chi connectivity index (χ3n) is 6.12. The summed E-state index contributed by atoms with van der Waals surface area (Å²) in [5.74, 6) is 1.45. The van der Waals surface area contributed by atoms with Crippen molar-refractivity contribution in [1.82, 2.24) is 4.57 Å². The Labute approximate surface area is 210 Å². The monoisotopic (exact) mass is 491 g/mol. The number of aryl methyl sites for hydroxylation is 1. The zero-order chi connectivity index (χ0) is 24.8. The van der Waals surface area contributed by atoms with E-state index in [1.165, 1.54) is 0 Å². The van der Waals surface area contributed by atoms with Crippen molar-refractivity contribution >= 4 is 33.1 Å². The highest BCUT2D eigenvalue weighted by Gasteiger charge is 2.14. The summed E-state index contributed by atoms with van der Waals surface area (Å²) >= 11 is 1.63. The molecule has 0 spiro atoms. The Hall–Kier alpha value is -3.29. The lowest BCUT2D eigenvalue weighted by Gasteiger charge is -2.17. The number of aromatic nitrogens is 1. The van der Waals surface area contributed by atoms with E-state index in [0.717, 1.165) is 52.2 Å². The number of carbonyl (C=O) groups excluding carboxylic acids is 1. The lowest BCUT2D eigenvalue weighted by molar-refractivity contribution is 0.101. The fourth-order valence-electron chi connectivity index (χ4n) is 3.93. The molecule has 0 radical (unpaired) electrons. The molecule has 0 saturated carbocycles. The molecule has 2 aromatic heterocycles. The van der Waals surface area contributed by atoms with Gasteiger partial charge in [0.1, 0.15) is 23.8 Å². The summed E-state index contributed by atoms with van der Waals surface area (Å²) in [6.07, 6.45) is 2.99. The smallest absolute Gasteiger partial charge is 0.272 e. The van der Waals surface area contributed by atoms with E-state index in [0.29, 0.717) is 12.3 Å². The summed E-state index contributed by atoms with van der Waals surface area (Å²) in [5, 5.41) is 5.03. The van der Waals surface area contributed by atoms with Gasteiger partial charge in [0.2, 0.25) is 0 Å². The average molecular weight is 492 g/mol. The topological polar surface area (TPSA) is 78.5 Å². The van der Waals surface area contributed by atoms with Gasteiger partial charge < -0.3 is 25.1 Å². The van der Waals surface area contributed by atoms with Crippen molar-refractivity contribution in [2.24, 2.45) is 12.8 Å². The van der Waals surface area contributed by atoms with E-state index >= 15 is 0 Å². The van der Waals surface area contributed by atoms with E-state index in [1.807, 2.05) is 77.7 Å². The first-order valence-corrected chi connectivity index (χ1v) is 12.9. The number of thiophene rings is 1. The average Bonchev–Trinajstić information content (AvgIpc) is 3.45. The molecule has 0 aliphatic heterocycles. The number of benzene rings is 2. The van der Waals surface area contributed by atoms with Crippen molar-refractivity contribution in [3.8, 4) is 11.5 Å². The number of nitrogens with zero attached hydrogens (tertiary/aromatic N) is 1. The number of nitrogens with two attached hydrogens (primary N) is 1. The van der Waals surface area contributed by atoms with Crippen LogP contribution in [0, 0.1) is 0 Å². The Kier molecular flexibility index (Phi) is 8.10. The van der Waals surface area contributed by atoms with Gasteiger partial charge in [0.25, 0.3) is 5.91 Å². The van der Waals surface area contributed by atoms with Gasteiger partial charge in [-0.25, -0.2) is 0 Å². The van der Waals surface area contributed by atoms with Crippen molar-refractivity contribution in [3.63, 3.8) is 0 Å². The molecule has 4 aromatic rings. The summed E-state index contributed by atoms with van der Waals surface area (Å²) in [7, 11) is 1.91. The molecule has 1 amide bonds. The maximum Gasteiger partial charge on any atom is 0.272 e. The van der Waals surface area contributed by atoms with Crippen LogP contribution in [0.3, 0.4) is 0 Å². The first kappa shape index (κ1) is 24.8.